The molecule has 0 saturated carbocycles. The Kier molecular flexibility index (Phi) is 4.95. The predicted molar refractivity (Wildman–Crippen MR) is 88.0 cm³/mol. The minimum absolute atomic E-state index is 0.0565. The van der Waals surface area contributed by atoms with Crippen LogP contribution in [-0.4, -0.2) is 24.5 Å². The fourth-order valence-corrected chi connectivity index (χ4v) is 2.41. The molecule has 0 aliphatic heterocycles. The van der Waals surface area contributed by atoms with Gasteiger partial charge in [-0.15, -0.1) is 0 Å². The molecule has 0 aromatic heterocycles. The number of anilines is 2. The maximum absolute atomic E-state index is 12.0. The van der Waals surface area contributed by atoms with Gasteiger partial charge in [-0.05, 0) is 37.6 Å². The van der Waals surface area contributed by atoms with Crippen LogP contribution in [0.25, 0.3) is 0 Å². The summed E-state index contributed by atoms with van der Waals surface area (Å²) in [6.07, 6.45) is 0. The Hall–Kier alpha value is -2.89. The van der Waals surface area contributed by atoms with Crippen molar-refractivity contribution in [3.63, 3.8) is 0 Å². The van der Waals surface area contributed by atoms with Gasteiger partial charge >= 0.3 is 5.97 Å². The molecule has 0 fully saturated rings. The topological polar surface area (TPSA) is 72.7 Å². The lowest BCUT2D eigenvalue weighted by Gasteiger charge is -2.25. The quantitative estimate of drug-likeness (QED) is 0.478. The fourth-order valence-electron chi connectivity index (χ4n) is 2.41. The van der Waals surface area contributed by atoms with E-state index in [-0.39, 0.29) is 5.69 Å². The van der Waals surface area contributed by atoms with Crippen LogP contribution in [0.2, 0.25) is 0 Å². The van der Waals surface area contributed by atoms with Gasteiger partial charge in [0.25, 0.3) is 5.69 Å². The highest BCUT2D eigenvalue weighted by Gasteiger charge is 2.23. The second kappa shape index (κ2) is 6.91. The molecule has 0 aliphatic rings. The van der Waals surface area contributed by atoms with Crippen molar-refractivity contribution in [2.24, 2.45) is 0 Å². The van der Waals surface area contributed by atoms with Crippen LogP contribution in [0.15, 0.2) is 42.5 Å². The van der Waals surface area contributed by atoms with Gasteiger partial charge < -0.3 is 9.64 Å². The summed E-state index contributed by atoms with van der Waals surface area (Å²) in [5.41, 5.74) is 1.81. The van der Waals surface area contributed by atoms with E-state index in [0.717, 1.165) is 0 Å². The second-order valence-electron chi connectivity index (χ2n) is 4.83. The molecule has 23 heavy (non-hydrogen) atoms. The molecule has 0 saturated heterocycles. The first-order chi connectivity index (χ1) is 11.0. The number of nitro benzene ring substituents is 1. The average Bonchev–Trinajstić information content (AvgIpc) is 2.56. The lowest BCUT2D eigenvalue weighted by Crippen LogP contribution is -2.20. The molecule has 0 spiro atoms. The molecule has 2 rings (SSSR count). The normalized spacial score (nSPS) is 10.2. The summed E-state index contributed by atoms with van der Waals surface area (Å²) in [4.78, 5) is 24.6. The molecule has 6 nitrogen and oxygen atoms in total. The van der Waals surface area contributed by atoms with Gasteiger partial charge in [-0.3, -0.25) is 10.1 Å². The first-order valence-corrected chi connectivity index (χ1v) is 7.04. The summed E-state index contributed by atoms with van der Waals surface area (Å²) < 4.78 is 4.79. The lowest BCUT2D eigenvalue weighted by atomic mass is 10.1. The van der Waals surface area contributed by atoms with E-state index in [2.05, 4.69) is 6.92 Å². The maximum Gasteiger partial charge on any atom is 0.339 e. The Bertz CT molecular complexity index is 743. The van der Waals surface area contributed by atoms with Crippen LogP contribution in [0.1, 0.15) is 22.8 Å². The summed E-state index contributed by atoms with van der Waals surface area (Å²) in [5, 5.41) is 11.4. The number of carbonyl (C=O) groups excluding carboxylic acids is 1. The number of hydrogen-bond donors (Lipinski definition) is 0. The molecule has 2 aromatic carbocycles. The zero-order chi connectivity index (χ0) is 17.0. The third-order valence-electron chi connectivity index (χ3n) is 3.44. The number of hydrogen-bond acceptors (Lipinski definition) is 5. The second-order valence-corrected chi connectivity index (χ2v) is 4.83. The van der Waals surface area contributed by atoms with Crippen molar-refractivity contribution in [3.8, 4) is 0 Å². The lowest BCUT2D eigenvalue weighted by molar-refractivity contribution is -0.384. The largest absolute Gasteiger partial charge is 0.465 e. The minimum atomic E-state index is -0.490. The monoisotopic (exact) mass is 313 g/mol. The summed E-state index contributed by atoms with van der Waals surface area (Å²) in [6, 6.07) is 11.6. The zero-order valence-corrected chi connectivity index (χ0v) is 13.0. The van der Waals surface area contributed by atoms with Crippen molar-refractivity contribution in [2.45, 2.75) is 6.92 Å². The van der Waals surface area contributed by atoms with Crippen LogP contribution < -0.4 is 4.90 Å². The van der Waals surface area contributed by atoms with Crippen molar-refractivity contribution in [1.82, 2.24) is 0 Å². The van der Waals surface area contributed by atoms with Crippen LogP contribution in [0.4, 0.5) is 17.1 Å². The van der Waals surface area contributed by atoms with E-state index >= 15 is 0 Å². The van der Waals surface area contributed by atoms with Crippen LogP contribution in [-0.2, 0) is 4.74 Å². The van der Waals surface area contributed by atoms with E-state index in [1.807, 2.05) is 6.92 Å². The molecule has 6 heteroatoms. The highest BCUT2D eigenvalue weighted by Crippen LogP contribution is 2.35. The van der Waals surface area contributed by atoms with Gasteiger partial charge in [0.2, 0.25) is 0 Å². The molecule has 119 valence electrons. The van der Waals surface area contributed by atoms with E-state index in [0.29, 0.717) is 29.0 Å². The van der Waals surface area contributed by atoms with Gasteiger partial charge in [0.1, 0.15) is 5.69 Å². The summed E-state index contributed by atoms with van der Waals surface area (Å²) in [6.45, 7) is 6.03. The molecule has 0 amide bonds. The summed E-state index contributed by atoms with van der Waals surface area (Å²) in [7, 11) is 1.30. The Morgan fingerprint density at radius 3 is 2.57 bits per heavy atom. The number of rotatable bonds is 5. The van der Waals surface area contributed by atoms with Gasteiger partial charge in [-0.25, -0.2) is 4.79 Å². The third kappa shape index (κ3) is 3.31. The molecule has 0 bridgehead atoms. The SMILES string of the molecule is [CH2]c1ccc(N(CC)c2ccccc2C(=O)OC)c([N+](=O)[O-])c1. The van der Waals surface area contributed by atoms with Gasteiger partial charge in [0.05, 0.1) is 23.3 Å². The van der Waals surface area contributed by atoms with Crippen LogP contribution in [0, 0.1) is 17.0 Å². The zero-order valence-electron chi connectivity index (χ0n) is 13.0. The number of para-hydroxylation sites is 1. The van der Waals surface area contributed by atoms with Crippen molar-refractivity contribution >= 4 is 23.0 Å². The number of nitro groups is 1. The number of benzene rings is 2. The van der Waals surface area contributed by atoms with Gasteiger partial charge in [-0.2, -0.15) is 0 Å². The Morgan fingerprint density at radius 2 is 1.96 bits per heavy atom. The van der Waals surface area contributed by atoms with Crippen LogP contribution in [0.5, 0.6) is 0 Å². The summed E-state index contributed by atoms with van der Waals surface area (Å²) >= 11 is 0. The number of ether oxygens (including phenoxy) is 1. The number of carbonyl (C=O) groups is 1. The maximum atomic E-state index is 12.0. The van der Waals surface area contributed by atoms with E-state index in [4.69, 9.17) is 4.74 Å². The first kappa shape index (κ1) is 16.5. The average molecular weight is 313 g/mol. The van der Waals surface area contributed by atoms with Crippen molar-refractivity contribution in [1.29, 1.82) is 0 Å². The third-order valence-corrected chi connectivity index (χ3v) is 3.44. The highest BCUT2D eigenvalue weighted by molar-refractivity contribution is 5.97. The standard InChI is InChI=1S/C17H17N2O4/c1-4-18(14-8-6-5-7-13(14)17(20)23-3)15-10-9-12(2)11-16(15)19(21)22/h5-11H,2,4H2,1,3H3. The van der Waals surface area contributed by atoms with E-state index in [1.165, 1.54) is 13.2 Å². The molecule has 0 N–H and O–H groups in total. The minimum Gasteiger partial charge on any atom is -0.465 e. The molecule has 0 aliphatic carbocycles. The highest BCUT2D eigenvalue weighted by atomic mass is 16.6. The Balaban J connectivity index is 2.63. The summed E-state index contributed by atoms with van der Waals surface area (Å²) in [5.74, 6) is -0.490. The molecule has 2 aromatic rings. The van der Waals surface area contributed by atoms with Crippen molar-refractivity contribution < 1.29 is 14.5 Å². The Morgan fingerprint density at radius 1 is 1.26 bits per heavy atom. The molecule has 1 radical (unpaired) electrons. The van der Waals surface area contributed by atoms with E-state index in [1.54, 1.807) is 41.3 Å². The molecular weight excluding hydrogens is 296 g/mol. The number of methoxy groups -OCH3 is 1. The van der Waals surface area contributed by atoms with Crippen molar-refractivity contribution in [2.75, 3.05) is 18.6 Å². The van der Waals surface area contributed by atoms with Gasteiger partial charge in [-0.1, -0.05) is 18.2 Å². The number of esters is 1. The van der Waals surface area contributed by atoms with Gasteiger partial charge in [0.15, 0.2) is 0 Å². The smallest absolute Gasteiger partial charge is 0.339 e. The first-order valence-electron chi connectivity index (χ1n) is 7.04. The van der Waals surface area contributed by atoms with E-state index in [9.17, 15) is 14.9 Å². The molecule has 0 unspecified atom stereocenters. The van der Waals surface area contributed by atoms with Crippen LogP contribution in [0.3, 0.4) is 0 Å². The van der Waals surface area contributed by atoms with Crippen LogP contribution >= 0.6 is 0 Å². The number of nitrogens with zero attached hydrogens (tertiary/aromatic N) is 2. The fraction of sp³-hybridized carbons (Fsp3) is 0.176. The predicted octanol–water partition coefficient (Wildman–Crippen LogP) is 3.72. The van der Waals surface area contributed by atoms with E-state index < -0.39 is 10.9 Å². The Labute approximate surface area is 134 Å². The van der Waals surface area contributed by atoms with Crippen molar-refractivity contribution in [3.05, 3.63) is 70.6 Å². The molecule has 0 atom stereocenters. The molecular formula is C17H17N2O4. The molecule has 0 heterocycles. The van der Waals surface area contributed by atoms with Gasteiger partial charge in [0, 0.05) is 12.6 Å².